The smallest absolute Gasteiger partial charge is 0.212 e. The molecule has 2 unspecified atom stereocenters. The Bertz CT molecular complexity index is 532. The van der Waals surface area contributed by atoms with E-state index in [1.807, 2.05) is 14.1 Å². The van der Waals surface area contributed by atoms with Crippen LogP contribution in [0, 0.1) is 0 Å². The van der Waals surface area contributed by atoms with Gasteiger partial charge in [-0.2, -0.15) is 0 Å². The molecule has 1 fully saturated rings. The van der Waals surface area contributed by atoms with Gasteiger partial charge in [-0.15, -0.1) is 11.3 Å². The van der Waals surface area contributed by atoms with Crippen LogP contribution < -0.4 is 11.5 Å². The molecule has 0 spiro atoms. The minimum absolute atomic E-state index is 0.0700. The highest BCUT2D eigenvalue weighted by molar-refractivity contribution is 7.13. The van der Waals surface area contributed by atoms with Crippen LogP contribution in [0.1, 0.15) is 46.1 Å². The fourth-order valence-corrected chi connectivity index (χ4v) is 4.25. The highest BCUT2D eigenvalue weighted by atomic mass is 32.1. The molecule has 0 radical (unpaired) electrons. The Morgan fingerprint density at radius 1 is 1.33 bits per heavy atom. The SMILES string of the molecule is CN1Cc2nc(C(=O)C3(N)CCCCC3N)sc2CN1C. The lowest BCUT2D eigenvalue weighted by Crippen LogP contribution is -2.62. The maximum atomic E-state index is 12.8. The van der Waals surface area contributed by atoms with Gasteiger partial charge in [-0.1, -0.05) is 12.8 Å². The summed E-state index contributed by atoms with van der Waals surface area (Å²) in [5.74, 6) is -0.0700. The maximum Gasteiger partial charge on any atom is 0.212 e. The Balaban J connectivity index is 1.88. The van der Waals surface area contributed by atoms with Gasteiger partial charge in [-0.3, -0.25) is 4.79 Å². The first-order chi connectivity index (χ1) is 9.91. The average molecular weight is 309 g/mol. The number of nitrogens with zero attached hydrogens (tertiary/aromatic N) is 3. The van der Waals surface area contributed by atoms with E-state index in [-0.39, 0.29) is 11.8 Å². The van der Waals surface area contributed by atoms with E-state index in [4.69, 9.17) is 11.5 Å². The molecule has 1 saturated carbocycles. The van der Waals surface area contributed by atoms with Crippen molar-refractivity contribution >= 4 is 17.1 Å². The van der Waals surface area contributed by atoms with Gasteiger partial charge in [0.15, 0.2) is 5.01 Å². The molecule has 21 heavy (non-hydrogen) atoms. The second kappa shape index (κ2) is 5.40. The van der Waals surface area contributed by atoms with Crippen LogP contribution >= 0.6 is 11.3 Å². The first kappa shape index (κ1) is 15.1. The zero-order valence-corrected chi connectivity index (χ0v) is 13.4. The van der Waals surface area contributed by atoms with Crippen molar-refractivity contribution in [1.82, 2.24) is 15.0 Å². The third kappa shape index (κ3) is 2.53. The van der Waals surface area contributed by atoms with Crippen molar-refractivity contribution in [3.05, 3.63) is 15.6 Å². The second-order valence-corrected chi connectivity index (χ2v) is 7.33. The molecule has 1 aliphatic carbocycles. The van der Waals surface area contributed by atoms with E-state index in [0.29, 0.717) is 11.4 Å². The molecule has 2 aliphatic rings. The molecule has 0 amide bonds. The first-order valence-electron chi connectivity index (χ1n) is 7.42. The summed E-state index contributed by atoms with van der Waals surface area (Å²) < 4.78 is 0. The van der Waals surface area contributed by atoms with Crippen molar-refractivity contribution in [2.24, 2.45) is 11.5 Å². The van der Waals surface area contributed by atoms with Crippen molar-refractivity contribution < 1.29 is 4.79 Å². The molecule has 0 saturated heterocycles. The molecule has 4 N–H and O–H groups in total. The number of carbonyl (C=O) groups is 1. The normalized spacial score (nSPS) is 31.1. The Morgan fingerprint density at radius 3 is 2.76 bits per heavy atom. The van der Waals surface area contributed by atoms with Crippen LogP contribution in [0.25, 0.3) is 0 Å². The molecule has 116 valence electrons. The number of carbonyl (C=O) groups excluding carboxylic acids is 1. The van der Waals surface area contributed by atoms with E-state index in [1.54, 1.807) is 0 Å². The van der Waals surface area contributed by atoms with Crippen LogP contribution in [-0.2, 0) is 13.1 Å². The Morgan fingerprint density at radius 2 is 2.05 bits per heavy atom. The fourth-order valence-electron chi connectivity index (χ4n) is 3.10. The van der Waals surface area contributed by atoms with E-state index in [9.17, 15) is 4.79 Å². The molecule has 1 aromatic rings. The van der Waals surface area contributed by atoms with E-state index in [0.717, 1.165) is 42.9 Å². The fraction of sp³-hybridized carbons (Fsp3) is 0.714. The molecule has 2 heterocycles. The Hall–Kier alpha value is -0.860. The summed E-state index contributed by atoms with van der Waals surface area (Å²) in [5, 5.41) is 4.75. The Labute approximate surface area is 129 Å². The second-order valence-electron chi connectivity index (χ2n) is 6.24. The van der Waals surface area contributed by atoms with Gasteiger partial charge in [0.1, 0.15) is 0 Å². The predicted octanol–water partition coefficient (Wildman–Crippen LogP) is 0.717. The average Bonchev–Trinajstić information content (AvgIpc) is 2.84. The maximum absolute atomic E-state index is 12.8. The van der Waals surface area contributed by atoms with Gasteiger partial charge in [0.05, 0.1) is 17.8 Å². The van der Waals surface area contributed by atoms with Crippen molar-refractivity contribution in [1.29, 1.82) is 0 Å². The zero-order valence-electron chi connectivity index (χ0n) is 12.6. The minimum Gasteiger partial charge on any atom is -0.326 e. The summed E-state index contributed by atoms with van der Waals surface area (Å²) in [6, 6.07) is -0.259. The monoisotopic (exact) mass is 309 g/mol. The summed E-state index contributed by atoms with van der Waals surface area (Å²) >= 11 is 1.48. The lowest BCUT2D eigenvalue weighted by molar-refractivity contribution is -0.00171. The molecule has 1 aromatic heterocycles. The first-order valence-corrected chi connectivity index (χ1v) is 8.23. The van der Waals surface area contributed by atoms with E-state index >= 15 is 0 Å². The summed E-state index contributed by atoms with van der Waals surface area (Å²) in [6.07, 6.45) is 3.50. The van der Waals surface area contributed by atoms with Crippen molar-refractivity contribution in [3.8, 4) is 0 Å². The number of fused-ring (bicyclic) bond motifs is 1. The van der Waals surface area contributed by atoms with Crippen LogP contribution in [0.3, 0.4) is 0 Å². The van der Waals surface area contributed by atoms with Gasteiger partial charge in [-0.05, 0) is 12.8 Å². The molecule has 6 nitrogen and oxygen atoms in total. The summed E-state index contributed by atoms with van der Waals surface area (Å²) in [6.45, 7) is 1.53. The van der Waals surface area contributed by atoms with Crippen LogP contribution in [0.2, 0.25) is 0 Å². The van der Waals surface area contributed by atoms with Crippen LogP contribution in [0.15, 0.2) is 0 Å². The largest absolute Gasteiger partial charge is 0.326 e. The zero-order chi connectivity index (χ0) is 15.2. The Kier molecular flexibility index (Phi) is 3.87. The number of hydrogen-bond donors (Lipinski definition) is 2. The predicted molar refractivity (Wildman–Crippen MR) is 82.7 cm³/mol. The van der Waals surface area contributed by atoms with E-state index in [1.165, 1.54) is 11.3 Å². The highest BCUT2D eigenvalue weighted by Crippen LogP contribution is 2.32. The number of hydrogen-bond acceptors (Lipinski definition) is 7. The van der Waals surface area contributed by atoms with Crippen molar-refractivity contribution in [2.45, 2.75) is 50.4 Å². The van der Waals surface area contributed by atoms with Gasteiger partial charge in [-0.25, -0.2) is 15.0 Å². The lowest BCUT2D eigenvalue weighted by Gasteiger charge is -2.36. The highest BCUT2D eigenvalue weighted by Gasteiger charge is 2.43. The molecule has 3 rings (SSSR count). The van der Waals surface area contributed by atoms with E-state index < -0.39 is 5.54 Å². The number of hydrazine groups is 1. The number of Topliss-reactive ketones (excluding diaryl/α,β-unsaturated/α-hetero) is 1. The number of ketones is 1. The van der Waals surface area contributed by atoms with Gasteiger partial charge in [0.25, 0.3) is 0 Å². The summed E-state index contributed by atoms with van der Waals surface area (Å²) in [7, 11) is 4.05. The van der Waals surface area contributed by atoms with Gasteiger partial charge >= 0.3 is 0 Å². The molecule has 2 atom stereocenters. The summed E-state index contributed by atoms with van der Waals surface area (Å²) in [4.78, 5) is 18.5. The molecule has 1 aliphatic heterocycles. The van der Waals surface area contributed by atoms with Crippen LogP contribution in [0.4, 0.5) is 0 Å². The van der Waals surface area contributed by atoms with Crippen LogP contribution in [0.5, 0.6) is 0 Å². The number of nitrogens with two attached hydrogens (primary N) is 2. The molecular formula is C14H23N5OS. The molecule has 0 bridgehead atoms. The number of thiazole rings is 1. The lowest BCUT2D eigenvalue weighted by atomic mass is 9.76. The summed E-state index contributed by atoms with van der Waals surface area (Å²) in [5.41, 5.74) is 12.6. The number of rotatable bonds is 2. The molecule has 7 heteroatoms. The molecule has 0 aromatic carbocycles. The van der Waals surface area contributed by atoms with Gasteiger partial charge in [0, 0.05) is 31.6 Å². The van der Waals surface area contributed by atoms with Crippen LogP contribution in [-0.4, -0.2) is 46.5 Å². The minimum atomic E-state index is -0.934. The van der Waals surface area contributed by atoms with Crippen molar-refractivity contribution in [3.63, 3.8) is 0 Å². The third-order valence-corrected chi connectivity index (χ3v) is 5.83. The topological polar surface area (TPSA) is 88.5 Å². The molecular weight excluding hydrogens is 286 g/mol. The van der Waals surface area contributed by atoms with Crippen molar-refractivity contribution in [2.75, 3.05) is 14.1 Å². The number of aromatic nitrogens is 1. The standard InChI is InChI=1S/C14H23N5OS/c1-18-7-9-10(8-19(18)2)21-13(17-9)12(20)14(16)6-4-3-5-11(14)15/h11H,3-8,15-16H2,1-2H3. The van der Waals surface area contributed by atoms with Gasteiger partial charge < -0.3 is 11.5 Å². The van der Waals surface area contributed by atoms with Gasteiger partial charge in [0.2, 0.25) is 5.78 Å². The quantitative estimate of drug-likeness (QED) is 0.783. The van der Waals surface area contributed by atoms with E-state index in [2.05, 4.69) is 15.0 Å². The third-order valence-electron chi connectivity index (χ3n) is 4.75.